The highest BCUT2D eigenvalue weighted by atomic mass is 31.2. The molecule has 5 heteroatoms. The molecule has 0 aliphatic rings. The quantitative estimate of drug-likeness (QED) is 0.727. The molecule has 0 radical (unpaired) electrons. The molecular weight excluding hydrogens is 271 g/mol. The van der Waals surface area contributed by atoms with Gasteiger partial charge in [0.25, 0.3) is 0 Å². The third-order valence-corrected chi connectivity index (χ3v) is 3.82. The molecule has 3 aromatic rings. The lowest BCUT2D eigenvalue weighted by molar-refractivity contribution is 0.481. The molecule has 102 valence electrons. The summed E-state index contributed by atoms with van der Waals surface area (Å²) in [7, 11) is -1.88. The van der Waals surface area contributed by atoms with E-state index in [0.717, 1.165) is 22.5 Å². The van der Waals surface area contributed by atoms with Gasteiger partial charge < -0.3 is 14.2 Å². The van der Waals surface area contributed by atoms with Crippen LogP contribution in [0.3, 0.4) is 0 Å². The standard InChI is InChI=1S/C15H15N2O2P/c1-11-2-7-15-16-14(9-17(15)8-11)13-5-3-12(4-6-13)10-20(18)19/h2-9,18-19H,10H2,1H3. The van der Waals surface area contributed by atoms with Gasteiger partial charge in [0.05, 0.1) is 5.69 Å². The zero-order valence-electron chi connectivity index (χ0n) is 11.1. The second kappa shape index (κ2) is 5.33. The summed E-state index contributed by atoms with van der Waals surface area (Å²) in [5, 5.41) is 0. The van der Waals surface area contributed by atoms with Crippen molar-refractivity contribution in [2.24, 2.45) is 0 Å². The number of imidazole rings is 1. The van der Waals surface area contributed by atoms with Crippen molar-refractivity contribution in [1.82, 2.24) is 9.38 Å². The van der Waals surface area contributed by atoms with Crippen LogP contribution in [0.15, 0.2) is 48.8 Å². The number of hydrogen-bond acceptors (Lipinski definition) is 3. The van der Waals surface area contributed by atoms with E-state index in [0.29, 0.717) is 6.16 Å². The normalized spacial score (nSPS) is 11.4. The molecule has 0 unspecified atom stereocenters. The lowest BCUT2D eigenvalue weighted by atomic mass is 10.1. The Labute approximate surface area is 118 Å². The maximum Gasteiger partial charge on any atom is 0.169 e. The van der Waals surface area contributed by atoms with E-state index in [2.05, 4.69) is 11.9 Å². The van der Waals surface area contributed by atoms with Gasteiger partial charge in [-0.25, -0.2) is 4.98 Å². The molecule has 0 amide bonds. The lowest BCUT2D eigenvalue weighted by Gasteiger charge is -2.03. The largest absolute Gasteiger partial charge is 0.350 e. The van der Waals surface area contributed by atoms with E-state index in [1.807, 2.05) is 53.2 Å². The molecule has 0 atom stereocenters. The summed E-state index contributed by atoms with van der Waals surface area (Å²) in [4.78, 5) is 22.6. The highest BCUT2D eigenvalue weighted by Crippen LogP contribution is 2.30. The average molecular weight is 286 g/mol. The summed E-state index contributed by atoms with van der Waals surface area (Å²) in [6.45, 7) is 2.05. The molecule has 1 aromatic carbocycles. The van der Waals surface area contributed by atoms with E-state index in [4.69, 9.17) is 9.79 Å². The Morgan fingerprint density at radius 1 is 1.05 bits per heavy atom. The van der Waals surface area contributed by atoms with Crippen LogP contribution in [-0.2, 0) is 6.16 Å². The van der Waals surface area contributed by atoms with E-state index in [9.17, 15) is 0 Å². The van der Waals surface area contributed by atoms with Gasteiger partial charge in [-0.15, -0.1) is 0 Å². The fourth-order valence-electron chi connectivity index (χ4n) is 2.19. The van der Waals surface area contributed by atoms with Crippen LogP contribution in [0.4, 0.5) is 0 Å². The second-order valence-electron chi connectivity index (χ2n) is 4.83. The van der Waals surface area contributed by atoms with Crippen molar-refractivity contribution in [2.45, 2.75) is 13.1 Å². The van der Waals surface area contributed by atoms with Gasteiger partial charge in [-0.3, -0.25) is 0 Å². The van der Waals surface area contributed by atoms with Crippen molar-refractivity contribution < 1.29 is 9.79 Å². The van der Waals surface area contributed by atoms with Crippen molar-refractivity contribution in [3.05, 3.63) is 59.9 Å². The Morgan fingerprint density at radius 2 is 1.80 bits per heavy atom. The molecule has 2 heterocycles. The van der Waals surface area contributed by atoms with Crippen LogP contribution in [0.2, 0.25) is 0 Å². The number of benzene rings is 1. The van der Waals surface area contributed by atoms with Crippen LogP contribution in [0.25, 0.3) is 16.9 Å². The van der Waals surface area contributed by atoms with Gasteiger partial charge in [0, 0.05) is 24.1 Å². The van der Waals surface area contributed by atoms with Crippen LogP contribution in [0, 0.1) is 6.92 Å². The van der Waals surface area contributed by atoms with Crippen molar-refractivity contribution in [3.63, 3.8) is 0 Å². The Balaban J connectivity index is 1.94. The van der Waals surface area contributed by atoms with E-state index < -0.39 is 8.38 Å². The van der Waals surface area contributed by atoms with E-state index in [1.54, 1.807) is 0 Å². The molecular formula is C15H15N2O2P. The first-order valence-corrected chi connectivity index (χ1v) is 7.75. The maximum absolute atomic E-state index is 9.02. The average Bonchev–Trinajstić information content (AvgIpc) is 2.81. The summed E-state index contributed by atoms with van der Waals surface area (Å²) in [6, 6.07) is 11.8. The third kappa shape index (κ3) is 2.73. The van der Waals surface area contributed by atoms with Gasteiger partial charge in [-0.1, -0.05) is 30.3 Å². The Morgan fingerprint density at radius 3 is 2.50 bits per heavy atom. The predicted molar refractivity (Wildman–Crippen MR) is 80.4 cm³/mol. The number of fused-ring (bicyclic) bond motifs is 1. The summed E-state index contributed by atoms with van der Waals surface area (Å²) in [6.07, 6.45) is 4.35. The SMILES string of the molecule is Cc1ccc2nc(-c3ccc(CP(O)O)cc3)cn2c1. The second-order valence-corrected chi connectivity index (χ2v) is 5.89. The highest BCUT2D eigenvalue weighted by molar-refractivity contribution is 7.44. The molecule has 0 aliphatic heterocycles. The fraction of sp³-hybridized carbons (Fsp3) is 0.133. The zero-order chi connectivity index (χ0) is 14.1. The highest BCUT2D eigenvalue weighted by Gasteiger charge is 2.06. The number of hydrogen-bond donors (Lipinski definition) is 2. The minimum absolute atomic E-state index is 0.306. The number of rotatable bonds is 3. The van der Waals surface area contributed by atoms with Crippen molar-refractivity contribution >= 4 is 14.0 Å². The van der Waals surface area contributed by atoms with Crippen molar-refractivity contribution in [1.29, 1.82) is 0 Å². The van der Waals surface area contributed by atoms with Crippen molar-refractivity contribution in [2.75, 3.05) is 0 Å². The molecule has 0 spiro atoms. The van der Waals surface area contributed by atoms with Gasteiger partial charge >= 0.3 is 0 Å². The molecule has 20 heavy (non-hydrogen) atoms. The minimum Gasteiger partial charge on any atom is -0.350 e. The molecule has 0 saturated heterocycles. The van der Waals surface area contributed by atoms with Crippen LogP contribution in [-0.4, -0.2) is 19.2 Å². The van der Waals surface area contributed by atoms with E-state index in [-0.39, 0.29) is 0 Å². The topological polar surface area (TPSA) is 57.8 Å². The molecule has 4 nitrogen and oxygen atoms in total. The van der Waals surface area contributed by atoms with Gasteiger partial charge in [0.1, 0.15) is 5.65 Å². The number of aromatic nitrogens is 2. The number of pyridine rings is 1. The summed E-state index contributed by atoms with van der Waals surface area (Å²) in [5.41, 5.74) is 4.97. The number of aryl methyl sites for hydroxylation is 1. The Hall–Kier alpha value is -1.74. The smallest absolute Gasteiger partial charge is 0.169 e. The van der Waals surface area contributed by atoms with Crippen LogP contribution < -0.4 is 0 Å². The fourth-order valence-corrected chi connectivity index (χ4v) is 2.72. The van der Waals surface area contributed by atoms with Gasteiger partial charge in [0.2, 0.25) is 0 Å². The summed E-state index contributed by atoms with van der Waals surface area (Å²) >= 11 is 0. The lowest BCUT2D eigenvalue weighted by Crippen LogP contribution is -1.84. The Kier molecular flexibility index (Phi) is 3.53. The zero-order valence-corrected chi connectivity index (χ0v) is 12.0. The first-order chi connectivity index (χ1) is 9.61. The van der Waals surface area contributed by atoms with Crippen molar-refractivity contribution in [3.8, 4) is 11.3 Å². The first-order valence-electron chi connectivity index (χ1n) is 6.32. The van der Waals surface area contributed by atoms with E-state index >= 15 is 0 Å². The van der Waals surface area contributed by atoms with Gasteiger partial charge in [0.15, 0.2) is 8.38 Å². The maximum atomic E-state index is 9.02. The molecule has 0 aliphatic carbocycles. The molecule has 0 bridgehead atoms. The predicted octanol–water partition coefficient (Wildman–Crippen LogP) is 3.11. The first kappa shape index (κ1) is 13.3. The monoisotopic (exact) mass is 286 g/mol. The van der Waals surface area contributed by atoms with Gasteiger partial charge in [-0.05, 0) is 24.1 Å². The van der Waals surface area contributed by atoms with Crippen LogP contribution in [0.5, 0.6) is 0 Å². The van der Waals surface area contributed by atoms with Gasteiger partial charge in [-0.2, -0.15) is 0 Å². The molecule has 2 aromatic heterocycles. The summed E-state index contributed by atoms with van der Waals surface area (Å²) in [5.74, 6) is 0. The number of nitrogens with zero attached hydrogens (tertiary/aromatic N) is 2. The summed E-state index contributed by atoms with van der Waals surface area (Å²) < 4.78 is 2.01. The van der Waals surface area contributed by atoms with E-state index in [1.165, 1.54) is 5.56 Å². The Bertz CT molecular complexity index is 735. The molecule has 0 saturated carbocycles. The minimum atomic E-state index is -1.88. The molecule has 2 N–H and O–H groups in total. The molecule has 3 rings (SSSR count). The van der Waals surface area contributed by atoms with Crippen LogP contribution >= 0.6 is 8.38 Å². The van der Waals surface area contributed by atoms with Crippen LogP contribution in [0.1, 0.15) is 11.1 Å². The molecule has 0 fully saturated rings. The third-order valence-electron chi connectivity index (χ3n) is 3.17.